The van der Waals surface area contributed by atoms with Gasteiger partial charge >= 0.3 is 0 Å². The van der Waals surface area contributed by atoms with Crippen LogP contribution in [0.2, 0.25) is 0 Å². The lowest BCUT2D eigenvalue weighted by molar-refractivity contribution is 0.282. The summed E-state index contributed by atoms with van der Waals surface area (Å²) < 4.78 is 2.28. The molecule has 0 unspecified atom stereocenters. The molecule has 2 aromatic rings. The van der Waals surface area contributed by atoms with Gasteiger partial charge in [-0.25, -0.2) is 0 Å². The Bertz CT molecular complexity index is 526. The SMILES string of the molecule is OCc1cccc2ccn(CCN3CCCC3)c12. The molecular weight excluding hydrogens is 224 g/mol. The van der Waals surface area contributed by atoms with Gasteiger partial charge in [-0.2, -0.15) is 0 Å². The van der Waals surface area contributed by atoms with Crippen molar-refractivity contribution in [1.82, 2.24) is 9.47 Å². The van der Waals surface area contributed by atoms with Crippen LogP contribution in [0.15, 0.2) is 30.5 Å². The summed E-state index contributed by atoms with van der Waals surface area (Å²) >= 11 is 0. The number of hydrogen-bond acceptors (Lipinski definition) is 2. The van der Waals surface area contributed by atoms with Gasteiger partial charge in [-0.05, 0) is 37.4 Å². The Labute approximate surface area is 108 Å². The summed E-state index contributed by atoms with van der Waals surface area (Å²) in [5.74, 6) is 0. The highest BCUT2D eigenvalue weighted by atomic mass is 16.3. The molecule has 1 aromatic heterocycles. The van der Waals surface area contributed by atoms with Gasteiger partial charge in [-0.1, -0.05) is 18.2 Å². The van der Waals surface area contributed by atoms with Crippen LogP contribution in [0.5, 0.6) is 0 Å². The van der Waals surface area contributed by atoms with E-state index in [0.29, 0.717) is 0 Å². The number of likely N-dealkylation sites (tertiary alicyclic amines) is 1. The Balaban J connectivity index is 1.82. The maximum Gasteiger partial charge on any atom is 0.0702 e. The summed E-state index contributed by atoms with van der Waals surface area (Å²) in [6.07, 6.45) is 4.82. The van der Waals surface area contributed by atoms with Crippen molar-refractivity contribution in [3.05, 3.63) is 36.0 Å². The van der Waals surface area contributed by atoms with Crippen LogP contribution in [0.1, 0.15) is 18.4 Å². The van der Waals surface area contributed by atoms with Crippen LogP contribution in [0.3, 0.4) is 0 Å². The molecule has 1 fully saturated rings. The molecule has 3 heteroatoms. The molecule has 1 aliphatic heterocycles. The highest BCUT2D eigenvalue weighted by molar-refractivity contribution is 5.83. The maximum atomic E-state index is 9.43. The van der Waals surface area contributed by atoms with E-state index in [1.54, 1.807) is 0 Å². The molecule has 0 radical (unpaired) electrons. The highest BCUT2D eigenvalue weighted by Gasteiger charge is 2.12. The maximum absolute atomic E-state index is 9.43. The molecule has 18 heavy (non-hydrogen) atoms. The topological polar surface area (TPSA) is 28.4 Å². The van der Waals surface area contributed by atoms with Gasteiger partial charge in [0.15, 0.2) is 0 Å². The zero-order valence-corrected chi connectivity index (χ0v) is 10.7. The van der Waals surface area contributed by atoms with E-state index in [-0.39, 0.29) is 6.61 Å². The lowest BCUT2D eigenvalue weighted by atomic mass is 10.1. The van der Waals surface area contributed by atoms with E-state index in [1.165, 1.54) is 36.8 Å². The van der Waals surface area contributed by atoms with Gasteiger partial charge in [0.05, 0.1) is 12.1 Å². The van der Waals surface area contributed by atoms with Gasteiger partial charge in [0.2, 0.25) is 0 Å². The van der Waals surface area contributed by atoms with Crippen LogP contribution >= 0.6 is 0 Å². The highest BCUT2D eigenvalue weighted by Crippen LogP contribution is 2.20. The molecule has 2 heterocycles. The van der Waals surface area contributed by atoms with Crippen LogP contribution in [0, 0.1) is 0 Å². The van der Waals surface area contributed by atoms with E-state index in [9.17, 15) is 5.11 Å². The van der Waals surface area contributed by atoms with Gasteiger partial charge in [-0.15, -0.1) is 0 Å². The molecule has 0 atom stereocenters. The average molecular weight is 244 g/mol. The van der Waals surface area contributed by atoms with Crippen molar-refractivity contribution in [2.45, 2.75) is 26.0 Å². The third kappa shape index (κ3) is 2.16. The average Bonchev–Trinajstić information content (AvgIpc) is 3.05. The molecule has 1 aliphatic rings. The molecule has 0 aliphatic carbocycles. The minimum absolute atomic E-state index is 0.116. The number of para-hydroxylation sites is 1. The third-order valence-electron chi connectivity index (χ3n) is 3.90. The Morgan fingerprint density at radius 1 is 1.06 bits per heavy atom. The first-order valence-corrected chi connectivity index (χ1v) is 6.78. The third-order valence-corrected chi connectivity index (χ3v) is 3.90. The number of aliphatic hydroxyl groups excluding tert-OH is 1. The summed E-state index contributed by atoms with van der Waals surface area (Å²) in [4.78, 5) is 2.52. The fraction of sp³-hybridized carbons (Fsp3) is 0.467. The van der Waals surface area contributed by atoms with Crippen LogP contribution in [0.25, 0.3) is 10.9 Å². The molecule has 1 aromatic carbocycles. The number of hydrogen-bond donors (Lipinski definition) is 1. The van der Waals surface area contributed by atoms with Crippen LogP contribution in [0.4, 0.5) is 0 Å². The molecule has 1 N–H and O–H groups in total. The van der Waals surface area contributed by atoms with Crippen LogP contribution < -0.4 is 0 Å². The lowest BCUT2D eigenvalue weighted by Crippen LogP contribution is -2.23. The summed E-state index contributed by atoms with van der Waals surface area (Å²) in [5.41, 5.74) is 2.22. The van der Waals surface area contributed by atoms with E-state index in [4.69, 9.17) is 0 Å². The Morgan fingerprint density at radius 3 is 2.67 bits per heavy atom. The van der Waals surface area contributed by atoms with Crippen molar-refractivity contribution in [3.8, 4) is 0 Å². The number of aliphatic hydroxyl groups is 1. The van der Waals surface area contributed by atoms with Crippen LogP contribution in [-0.4, -0.2) is 34.2 Å². The monoisotopic (exact) mass is 244 g/mol. The van der Waals surface area contributed by atoms with E-state index < -0.39 is 0 Å². The fourth-order valence-electron chi connectivity index (χ4n) is 2.91. The molecule has 1 saturated heterocycles. The smallest absolute Gasteiger partial charge is 0.0702 e. The van der Waals surface area contributed by atoms with Crippen molar-refractivity contribution in [3.63, 3.8) is 0 Å². The predicted molar refractivity (Wildman–Crippen MR) is 73.5 cm³/mol. The molecule has 3 rings (SSSR count). The zero-order chi connectivity index (χ0) is 12.4. The summed E-state index contributed by atoms with van der Waals surface area (Å²) in [6.45, 7) is 4.73. The molecule has 0 amide bonds. The Hall–Kier alpha value is -1.32. The van der Waals surface area contributed by atoms with Crippen molar-refractivity contribution in [2.24, 2.45) is 0 Å². The van der Waals surface area contributed by atoms with Crippen molar-refractivity contribution < 1.29 is 5.11 Å². The minimum atomic E-state index is 0.116. The molecule has 0 bridgehead atoms. The summed E-state index contributed by atoms with van der Waals surface area (Å²) in [7, 11) is 0. The number of aromatic nitrogens is 1. The van der Waals surface area contributed by atoms with Crippen LogP contribution in [-0.2, 0) is 13.2 Å². The molecule has 0 saturated carbocycles. The van der Waals surface area contributed by atoms with Gasteiger partial charge in [-0.3, -0.25) is 0 Å². The first-order chi connectivity index (χ1) is 8.88. The van der Waals surface area contributed by atoms with Crippen molar-refractivity contribution >= 4 is 10.9 Å². The fourth-order valence-corrected chi connectivity index (χ4v) is 2.91. The summed E-state index contributed by atoms with van der Waals surface area (Å²) in [6, 6.07) is 8.27. The zero-order valence-electron chi connectivity index (χ0n) is 10.7. The number of rotatable bonds is 4. The van der Waals surface area contributed by atoms with E-state index >= 15 is 0 Å². The van der Waals surface area contributed by atoms with Gasteiger partial charge in [0.25, 0.3) is 0 Å². The molecule has 3 nitrogen and oxygen atoms in total. The minimum Gasteiger partial charge on any atom is -0.392 e. The second-order valence-electron chi connectivity index (χ2n) is 5.07. The number of benzene rings is 1. The number of fused-ring (bicyclic) bond motifs is 1. The quantitative estimate of drug-likeness (QED) is 0.893. The van der Waals surface area contributed by atoms with E-state index in [0.717, 1.165) is 18.7 Å². The standard InChI is InChI=1S/C15H20N2O/c18-12-14-5-3-4-13-6-9-17(15(13)14)11-10-16-7-1-2-8-16/h3-6,9,18H,1-2,7-8,10-12H2. The molecule has 0 spiro atoms. The summed E-state index contributed by atoms with van der Waals surface area (Å²) in [5, 5.41) is 10.7. The Morgan fingerprint density at radius 2 is 1.89 bits per heavy atom. The number of nitrogens with zero attached hydrogens (tertiary/aromatic N) is 2. The largest absolute Gasteiger partial charge is 0.392 e. The molecule has 96 valence electrons. The van der Waals surface area contributed by atoms with E-state index in [1.807, 2.05) is 12.1 Å². The van der Waals surface area contributed by atoms with Gasteiger partial charge < -0.3 is 14.6 Å². The van der Waals surface area contributed by atoms with Gasteiger partial charge in [0.1, 0.15) is 0 Å². The normalized spacial score (nSPS) is 16.7. The van der Waals surface area contributed by atoms with Crippen molar-refractivity contribution in [2.75, 3.05) is 19.6 Å². The predicted octanol–water partition coefficient (Wildman–Crippen LogP) is 2.23. The second kappa shape index (κ2) is 5.12. The van der Waals surface area contributed by atoms with Gasteiger partial charge in [0, 0.05) is 24.8 Å². The van der Waals surface area contributed by atoms with E-state index in [2.05, 4.69) is 27.8 Å². The lowest BCUT2D eigenvalue weighted by Gasteiger charge is -2.16. The molecular formula is C15H20N2O. The second-order valence-corrected chi connectivity index (χ2v) is 5.07. The van der Waals surface area contributed by atoms with Crippen molar-refractivity contribution in [1.29, 1.82) is 0 Å². The first-order valence-electron chi connectivity index (χ1n) is 6.78. The first kappa shape index (κ1) is 11.8. The Kier molecular flexibility index (Phi) is 3.35.